The molecule has 0 bridgehead atoms. The van der Waals surface area contributed by atoms with Gasteiger partial charge in [-0.3, -0.25) is 9.59 Å². The lowest BCUT2D eigenvalue weighted by Crippen LogP contribution is -2.53. The number of carbonyl (C=O) groups is 2. The molecule has 9 heteroatoms. The average Bonchev–Trinajstić information content (AvgIpc) is 3.75. The van der Waals surface area contributed by atoms with Crippen LogP contribution in [0.3, 0.4) is 0 Å². The van der Waals surface area contributed by atoms with Gasteiger partial charge >= 0.3 is 0 Å². The van der Waals surface area contributed by atoms with Crippen LogP contribution in [-0.4, -0.2) is 45.5 Å². The minimum atomic E-state index is -0.953. The van der Waals surface area contributed by atoms with Gasteiger partial charge in [0, 0.05) is 23.5 Å². The van der Waals surface area contributed by atoms with E-state index in [-0.39, 0.29) is 6.61 Å². The highest BCUT2D eigenvalue weighted by Gasteiger charge is 2.27. The molecule has 0 saturated carbocycles. The fourth-order valence-corrected chi connectivity index (χ4v) is 4.64. The van der Waals surface area contributed by atoms with Crippen molar-refractivity contribution in [3.8, 4) is 11.3 Å². The van der Waals surface area contributed by atoms with Crippen molar-refractivity contribution in [2.75, 3.05) is 6.61 Å². The Labute approximate surface area is 266 Å². The lowest BCUT2D eigenvalue weighted by atomic mass is 10.0. The number of nitrogens with two attached hydrogens (primary N) is 1. The van der Waals surface area contributed by atoms with Gasteiger partial charge in [-0.1, -0.05) is 107 Å². The molecule has 2 amide bonds. The normalized spacial score (nSPS) is 12.5. The van der Waals surface area contributed by atoms with E-state index in [1.54, 1.807) is 13.1 Å². The van der Waals surface area contributed by atoms with Crippen molar-refractivity contribution >= 4 is 22.7 Å². The third-order valence-corrected chi connectivity index (χ3v) is 6.87. The molecule has 0 aliphatic rings. The van der Waals surface area contributed by atoms with Crippen molar-refractivity contribution in [3.05, 3.63) is 114 Å². The second-order valence-electron chi connectivity index (χ2n) is 10.0. The third kappa shape index (κ3) is 9.89. The first-order chi connectivity index (χ1) is 22.0. The van der Waals surface area contributed by atoms with Crippen LogP contribution in [0, 0.1) is 0 Å². The molecule has 5 aromatic rings. The van der Waals surface area contributed by atoms with Gasteiger partial charge in [0.2, 0.25) is 11.8 Å². The first kappa shape index (κ1) is 34.8. The van der Waals surface area contributed by atoms with Crippen molar-refractivity contribution in [3.63, 3.8) is 0 Å². The number of hydrogen-bond acceptors (Lipinski definition) is 5. The Hall–Kier alpha value is -4.73. The number of nitrogens with one attached hydrogen (secondary N) is 4. The molecular weight excluding hydrogens is 564 g/mol. The van der Waals surface area contributed by atoms with Crippen LogP contribution in [0.15, 0.2) is 97.3 Å². The number of amides is 2. The number of nitrogens with zero attached hydrogens (tertiary/aromatic N) is 1. The summed E-state index contributed by atoms with van der Waals surface area (Å²) in [7, 11) is 0. The molecule has 0 radical (unpaired) electrons. The highest BCUT2D eigenvalue weighted by molar-refractivity contribution is 5.90. The maximum atomic E-state index is 13.7. The zero-order chi connectivity index (χ0) is 32.6. The number of rotatable bonds is 12. The summed E-state index contributed by atoms with van der Waals surface area (Å²) < 4.78 is 5.85. The van der Waals surface area contributed by atoms with Gasteiger partial charge in [0.25, 0.3) is 0 Å². The van der Waals surface area contributed by atoms with Crippen molar-refractivity contribution in [1.82, 2.24) is 25.6 Å². The van der Waals surface area contributed by atoms with Gasteiger partial charge in [-0.2, -0.15) is 0 Å². The topological polar surface area (TPSA) is 138 Å². The highest BCUT2D eigenvalue weighted by atomic mass is 16.5. The zero-order valence-corrected chi connectivity index (χ0v) is 26.8. The molecule has 0 saturated heterocycles. The van der Waals surface area contributed by atoms with Crippen molar-refractivity contribution in [1.29, 1.82) is 0 Å². The van der Waals surface area contributed by atoms with E-state index in [4.69, 9.17) is 10.5 Å². The second kappa shape index (κ2) is 18.2. The van der Waals surface area contributed by atoms with Crippen molar-refractivity contribution < 1.29 is 14.3 Å². The number of H-pyrrole nitrogens is 2. The Morgan fingerprint density at radius 1 is 0.867 bits per heavy atom. The van der Waals surface area contributed by atoms with E-state index in [0.29, 0.717) is 18.9 Å². The number of aromatic amines is 2. The van der Waals surface area contributed by atoms with E-state index in [1.807, 2.05) is 119 Å². The predicted molar refractivity (Wildman–Crippen MR) is 181 cm³/mol. The number of hydrogen-bond donors (Lipinski definition) is 5. The summed E-state index contributed by atoms with van der Waals surface area (Å²) >= 11 is 0. The van der Waals surface area contributed by atoms with Crippen LogP contribution in [0.1, 0.15) is 57.6 Å². The number of benzene rings is 3. The molecule has 2 unspecified atom stereocenters. The standard InChI is InChI=1S/C32H34N6O3.2C2H6/c1-21(33)31(39)38-29(20-41-19-22-10-4-2-5-11-22)32(40)37-27(16-24-17-34-26-15-9-8-14-25(24)26)30-35-18-28(36-30)23-12-6-3-7-13-23;2*1-2/h2-15,17-18,21,27,29,34H,16,19-20,33H2,1H3,(H,35,36)(H,37,40)(H,38,39);2*1-2H3/t21?,27-,29?;;/m1../s1. The van der Waals surface area contributed by atoms with E-state index in [9.17, 15) is 9.59 Å². The van der Waals surface area contributed by atoms with Gasteiger partial charge in [0.1, 0.15) is 11.9 Å². The van der Waals surface area contributed by atoms with Gasteiger partial charge in [0.05, 0.1) is 37.2 Å². The third-order valence-electron chi connectivity index (χ3n) is 6.87. The van der Waals surface area contributed by atoms with E-state index < -0.39 is 29.9 Å². The second-order valence-corrected chi connectivity index (χ2v) is 10.0. The maximum Gasteiger partial charge on any atom is 0.245 e. The molecule has 2 aromatic heterocycles. The fraction of sp³-hybridized carbons (Fsp3) is 0.306. The molecule has 3 aromatic carbocycles. The first-order valence-corrected chi connectivity index (χ1v) is 15.6. The van der Waals surface area contributed by atoms with Crippen LogP contribution < -0.4 is 16.4 Å². The molecule has 0 spiro atoms. The summed E-state index contributed by atoms with van der Waals surface area (Å²) in [6.07, 6.45) is 4.18. The summed E-state index contributed by atoms with van der Waals surface area (Å²) in [5, 5.41) is 6.92. The minimum Gasteiger partial charge on any atom is -0.374 e. The molecule has 2 heterocycles. The molecule has 0 aliphatic heterocycles. The van der Waals surface area contributed by atoms with Crippen LogP contribution in [0.25, 0.3) is 22.2 Å². The monoisotopic (exact) mass is 610 g/mol. The lowest BCUT2D eigenvalue weighted by Gasteiger charge is -2.23. The number of imidazole rings is 1. The summed E-state index contributed by atoms with van der Waals surface area (Å²) in [6.45, 7) is 9.85. The van der Waals surface area contributed by atoms with Crippen molar-refractivity contribution in [2.45, 2.75) is 65.8 Å². The van der Waals surface area contributed by atoms with Gasteiger partial charge in [0.15, 0.2) is 0 Å². The van der Waals surface area contributed by atoms with E-state index in [1.165, 1.54) is 0 Å². The molecular formula is C36H46N6O3. The van der Waals surface area contributed by atoms with E-state index in [0.717, 1.165) is 33.3 Å². The maximum absolute atomic E-state index is 13.7. The summed E-state index contributed by atoms with van der Waals surface area (Å²) in [4.78, 5) is 37.5. The molecule has 9 nitrogen and oxygen atoms in total. The molecule has 5 rings (SSSR count). The number of aromatic nitrogens is 3. The Bertz CT molecular complexity index is 1580. The van der Waals surface area contributed by atoms with E-state index in [2.05, 4.69) is 25.6 Å². The Morgan fingerprint density at radius 3 is 2.20 bits per heavy atom. The van der Waals surface area contributed by atoms with Gasteiger partial charge < -0.3 is 31.1 Å². The Kier molecular flexibility index (Phi) is 14.0. The van der Waals surface area contributed by atoms with E-state index >= 15 is 0 Å². The van der Waals surface area contributed by atoms with Crippen LogP contribution >= 0.6 is 0 Å². The SMILES string of the molecule is CC.CC.CC(N)C(=O)NC(COCc1ccccc1)C(=O)N[C@H](Cc1c[nH]c2ccccc12)c1ncc(-c2ccccc2)[nH]1. The largest absolute Gasteiger partial charge is 0.374 e. The molecule has 6 N–H and O–H groups in total. The van der Waals surface area contributed by atoms with Gasteiger partial charge in [-0.15, -0.1) is 0 Å². The van der Waals surface area contributed by atoms with Crippen LogP contribution in [-0.2, 0) is 27.4 Å². The van der Waals surface area contributed by atoms with Gasteiger partial charge in [-0.25, -0.2) is 4.98 Å². The number of ether oxygens (including phenoxy) is 1. The molecule has 0 aliphatic carbocycles. The van der Waals surface area contributed by atoms with Crippen molar-refractivity contribution in [2.24, 2.45) is 5.73 Å². The predicted octanol–water partition coefficient (Wildman–Crippen LogP) is 6.06. The molecule has 3 atom stereocenters. The smallest absolute Gasteiger partial charge is 0.245 e. The quantitative estimate of drug-likeness (QED) is 0.117. The highest BCUT2D eigenvalue weighted by Crippen LogP contribution is 2.25. The average molecular weight is 611 g/mol. The summed E-state index contributed by atoms with van der Waals surface area (Å²) in [5.41, 5.74) is 10.6. The summed E-state index contributed by atoms with van der Waals surface area (Å²) in [6, 6.07) is 25.3. The Morgan fingerprint density at radius 2 is 1.51 bits per heavy atom. The molecule has 0 fully saturated rings. The summed E-state index contributed by atoms with van der Waals surface area (Å²) in [5.74, 6) is -0.231. The van der Waals surface area contributed by atoms with Crippen LogP contribution in [0.4, 0.5) is 0 Å². The molecule has 45 heavy (non-hydrogen) atoms. The zero-order valence-electron chi connectivity index (χ0n) is 26.8. The fourth-order valence-electron chi connectivity index (χ4n) is 4.64. The van der Waals surface area contributed by atoms with Crippen LogP contribution in [0.2, 0.25) is 0 Å². The number of carbonyl (C=O) groups excluding carboxylic acids is 2. The van der Waals surface area contributed by atoms with Crippen LogP contribution in [0.5, 0.6) is 0 Å². The van der Waals surface area contributed by atoms with Gasteiger partial charge in [-0.05, 0) is 29.7 Å². The Balaban J connectivity index is 0.00000133. The number of para-hydroxylation sites is 1. The first-order valence-electron chi connectivity index (χ1n) is 15.6. The minimum absolute atomic E-state index is 0.0214. The molecule has 238 valence electrons. The lowest BCUT2D eigenvalue weighted by molar-refractivity contribution is -0.131. The number of fused-ring (bicyclic) bond motifs is 1.